The molecule has 7 heteroatoms. The van der Waals surface area contributed by atoms with Gasteiger partial charge in [-0.2, -0.15) is 0 Å². The number of aromatic amines is 1. The first-order valence-corrected chi connectivity index (χ1v) is 7.56. The van der Waals surface area contributed by atoms with E-state index in [2.05, 4.69) is 20.3 Å². The number of para-hydroxylation sites is 3. The van der Waals surface area contributed by atoms with Crippen molar-refractivity contribution >= 4 is 33.9 Å². The summed E-state index contributed by atoms with van der Waals surface area (Å²) in [4.78, 5) is 24.2. The molecule has 0 saturated heterocycles. The molecule has 0 radical (unpaired) electrons. The maximum Gasteiger partial charge on any atom is 0.253 e. The van der Waals surface area contributed by atoms with E-state index in [1.54, 1.807) is 12.1 Å². The largest absolute Gasteiger partial charge is 0.369 e. The van der Waals surface area contributed by atoms with E-state index in [0.717, 1.165) is 22.4 Å². The molecule has 0 saturated carbocycles. The number of aromatic nitrogens is 4. The molecular formula is C17H16N6O. The molecule has 0 aliphatic rings. The predicted octanol–water partition coefficient (Wildman–Crippen LogP) is 1.96. The Hall–Kier alpha value is -3.35. The summed E-state index contributed by atoms with van der Waals surface area (Å²) < 4.78 is 1.97. The normalized spacial score (nSPS) is 11.2. The zero-order chi connectivity index (χ0) is 16.7. The molecule has 2 aromatic carbocycles. The summed E-state index contributed by atoms with van der Waals surface area (Å²) in [5, 5.41) is 2.90. The topological polar surface area (TPSA) is 102 Å². The number of H-pyrrole nitrogens is 1. The second kappa shape index (κ2) is 5.38. The van der Waals surface area contributed by atoms with Gasteiger partial charge in [0, 0.05) is 7.05 Å². The van der Waals surface area contributed by atoms with Gasteiger partial charge in [0.1, 0.15) is 11.3 Å². The molecule has 4 N–H and O–H groups in total. The maximum atomic E-state index is 12.5. The molecule has 1 amide bonds. The van der Waals surface area contributed by atoms with E-state index < -0.39 is 0 Å². The van der Waals surface area contributed by atoms with Crippen LogP contribution in [0.5, 0.6) is 0 Å². The fraction of sp³-hybridized carbons (Fsp3) is 0.118. The van der Waals surface area contributed by atoms with Gasteiger partial charge in [-0.15, -0.1) is 0 Å². The molecule has 0 atom stereocenters. The van der Waals surface area contributed by atoms with Gasteiger partial charge in [-0.3, -0.25) is 4.79 Å². The van der Waals surface area contributed by atoms with Crippen LogP contribution in [0.15, 0.2) is 42.5 Å². The molecular weight excluding hydrogens is 304 g/mol. The number of hydrogen-bond donors (Lipinski definition) is 3. The highest BCUT2D eigenvalue weighted by atomic mass is 16.1. The number of nitrogens with zero attached hydrogens (tertiary/aromatic N) is 3. The maximum absolute atomic E-state index is 12.5. The summed E-state index contributed by atoms with van der Waals surface area (Å²) in [6.07, 6.45) is 0. The minimum absolute atomic E-state index is 0.209. The summed E-state index contributed by atoms with van der Waals surface area (Å²) in [6, 6.07) is 13.2. The Morgan fingerprint density at radius 2 is 2.04 bits per heavy atom. The lowest BCUT2D eigenvalue weighted by Crippen LogP contribution is -2.24. The first kappa shape index (κ1) is 14.3. The Morgan fingerprint density at radius 3 is 2.88 bits per heavy atom. The van der Waals surface area contributed by atoms with Crippen LogP contribution in [-0.4, -0.2) is 25.4 Å². The van der Waals surface area contributed by atoms with Crippen molar-refractivity contribution in [3.8, 4) is 0 Å². The minimum Gasteiger partial charge on any atom is -0.369 e. The van der Waals surface area contributed by atoms with Crippen LogP contribution < -0.4 is 11.1 Å². The lowest BCUT2D eigenvalue weighted by Gasteiger charge is -2.06. The lowest BCUT2D eigenvalue weighted by atomic mass is 10.1. The van der Waals surface area contributed by atoms with Gasteiger partial charge >= 0.3 is 0 Å². The zero-order valence-electron chi connectivity index (χ0n) is 13.1. The molecule has 24 heavy (non-hydrogen) atoms. The fourth-order valence-corrected chi connectivity index (χ4v) is 2.84. The van der Waals surface area contributed by atoms with Gasteiger partial charge in [0.2, 0.25) is 0 Å². The standard InChI is InChI=1S/C17H16N6O/c1-23-13-8-3-2-6-11(13)20-14(23)9-19-16(24)10-5-4-7-12-15(10)22-17(18)21-12/h2-8H,9H2,1H3,(H,19,24)(H3,18,21,22). The number of nitrogen functional groups attached to an aromatic ring is 1. The zero-order valence-corrected chi connectivity index (χ0v) is 13.1. The molecule has 4 rings (SSSR count). The third-order valence-corrected chi connectivity index (χ3v) is 4.06. The van der Waals surface area contributed by atoms with Crippen molar-refractivity contribution in [2.45, 2.75) is 6.54 Å². The van der Waals surface area contributed by atoms with Crippen molar-refractivity contribution in [2.24, 2.45) is 7.05 Å². The van der Waals surface area contributed by atoms with Gasteiger partial charge < -0.3 is 20.6 Å². The third-order valence-electron chi connectivity index (χ3n) is 4.06. The molecule has 0 fully saturated rings. The molecule has 120 valence electrons. The monoisotopic (exact) mass is 320 g/mol. The number of hydrogen-bond acceptors (Lipinski definition) is 4. The van der Waals surface area contributed by atoms with Crippen LogP contribution in [-0.2, 0) is 13.6 Å². The number of carbonyl (C=O) groups is 1. The first-order chi connectivity index (χ1) is 11.6. The van der Waals surface area contributed by atoms with Gasteiger partial charge in [0.05, 0.1) is 28.7 Å². The summed E-state index contributed by atoms with van der Waals surface area (Å²) in [6.45, 7) is 0.334. The summed E-state index contributed by atoms with van der Waals surface area (Å²) in [7, 11) is 1.94. The van der Waals surface area contributed by atoms with E-state index >= 15 is 0 Å². The first-order valence-electron chi connectivity index (χ1n) is 7.56. The van der Waals surface area contributed by atoms with Gasteiger partial charge in [0.25, 0.3) is 5.91 Å². The van der Waals surface area contributed by atoms with Gasteiger partial charge in [-0.25, -0.2) is 9.97 Å². The summed E-state index contributed by atoms with van der Waals surface area (Å²) in [5.74, 6) is 0.873. The van der Waals surface area contributed by atoms with E-state index in [-0.39, 0.29) is 5.91 Å². The number of nitrogens with two attached hydrogens (primary N) is 1. The SMILES string of the molecule is Cn1c(CNC(=O)c2cccc3[nH]c(N)nc23)nc2ccccc21. The molecule has 0 spiro atoms. The van der Waals surface area contributed by atoms with Crippen molar-refractivity contribution in [2.75, 3.05) is 5.73 Å². The Balaban J connectivity index is 1.60. The molecule has 7 nitrogen and oxygen atoms in total. The smallest absolute Gasteiger partial charge is 0.253 e. The van der Waals surface area contributed by atoms with Crippen LogP contribution in [0, 0.1) is 0 Å². The van der Waals surface area contributed by atoms with E-state index in [1.807, 2.05) is 41.9 Å². The van der Waals surface area contributed by atoms with E-state index in [4.69, 9.17) is 5.73 Å². The highest BCUT2D eigenvalue weighted by molar-refractivity contribution is 6.05. The number of aryl methyl sites for hydroxylation is 1. The number of amides is 1. The van der Waals surface area contributed by atoms with Crippen LogP contribution >= 0.6 is 0 Å². The number of imidazole rings is 2. The van der Waals surface area contributed by atoms with Crippen molar-refractivity contribution < 1.29 is 4.79 Å². The molecule has 0 aliphatic carbocycles. The van der Waals surface area contributed by atoms with E-state index in [1.165, 1.54) is 0 Å². The van der Waals surface area contributed by atoms with Crippen molar-refractivity contribution in [3.63, 3.8) is 0 Å². The second-order valence-electron chi connectivity index (χ2n) is 5.58. The van der Waals surface area contributed by atoms with Crippen molar-refractivity contribution in [1.29, 1.82) is 0 Å². The van der Waals surface area contributed by atoms with Gasteiger partial charge in [-0.1, -0.05) is 18.2 Å². The number of anilines is 1. The highest BCUT2D eigenvalue weighted by Crippen LogP contribution is 2.18. The number of nitrogens with one attached hydrogen (secondary N) is 2. The van der Waals surface area contributed by atoms with Crippen molar-refractivity contribution in [3.05, 3.63) is 53.9 Å². The van der Waals surface area contributed by atoms with Crippen LogP contribution in [0.1, 0.15) is 16.2 Å². The number of rotatable bonds is 3. The average Bonchev–Trinajstić information content (AvgIpc) is 3.12. The molecule has 0 bridgehead atoms. The third kappa shape index (κ3) is 2.26. The summed E-state index contributed by atoms with van der Waals surface area (Å²) in [5.41, 5.74) is 9.41. The van der Waals surface area contributed by atoms with Crippen LogP contribution in [0.4, 0.5) is 5.95 Å². The molecule has 0 aliphatic heterocycles. The van der Waals surface area contributed by atoms with Crippen LogP contribution in [0.2, 0.25) is 0 Å². The van der Waals surface area contributed by atoms with Crippen molar-refractivity contribution in [1.82, 2.24) is 24.8 Å². The van der Waals surface area contributed by atoms with Gasteiger partial charge in [-0.05, 0) is 24.3 Å². The van der Waals surface area contributed by atoms with E-state index in [0.29, 0.717) is 23.6 Å². The fourth-order valence-electron chi connectivity index (χ4n) is 2.84. The molecule has 0 unspecified atom stereocenters. The van der Waals surface area contributed by atoms with E-state index in [9.17, 15) is 4.79 Å². The molecule has 2 heterocycles. The molecule has 2 aromatic heterocycles. The Morgan fingerprint density at radius 1 is 1.21 bits per heavy atom. The number of carbonyl (C=O) groups excluding carboxylic acids is 1. The van der Waals surface area contributed by atoms with Crippen LogP contribution in [0.25, 0.3) is 22.1 Å². The number of fused-ring (bicyclic) bond motifs is 2. The Bertz CT molecular complexity index is 1060. The Kier molecular flexibility index (Phi) is 3.19. The Labute approximate surface area is 137 Å². The summed E-state index contributed by atoms with van der Waals surface area (Å²) >= 11 is 0. The number of benzene rings is 2. The highest BCUT2D eigenvalue weighted by Gasteiger charge is 2.14. The van der Waals surface area contributed by atoms with Gasteiger partial charge in [0.15, 0.2) is 5.95 Å². The lowest BCUT2D eigenvalue weighted by molar-refractivity contribution is 0.0951. The second-order valence-corrected chi connectivity index (χ2v) is 5.58. The average molecular weight is 320 g/mol. The van der Waals surface area contributed by atoms with Crippen LogP contribution in [0.3, 0.4) is 0 Å². The predicted molar refractivity (Wildman–Crippen MR) is 92.4 cm³/mol. The quantitative estimate of drug-likeness (QED) is 0.537. The minimum atomic E-state index is -0.209. The molecule has 4 aromatic rings.